The van der Waals surface area contributed by atoms with Gasteiger partial charge in [0.1, 0.15) is 6.61 Å². The minimum Gasteiger partial charge on any atom is -1.00 e. The van der Waals surface area contributed by atoms with E-state index in [1.807, 2.05) is 12.1 Å². The Bertz CT molecular complexity index is 4570. The number of aliphatic hydroxyl groups is 1. The molecule has 9 aromatic carbocycles. The molecule has 0 radical (unpaired) electrons. The number of rotatable bonds is 29. The van der Waals surface area contributed by atoms with Crippen molar-refractivity contribution in [3.8, 4) is 10.1 Å². The SMILES string of the molecule is CCN(CC)c1ccc(N=O)c([Se][Se]c2cc(N(CC)CC)ccc2N=O)c1.CCN(CC)c1cccc(I)c1.CCN(CC)c1cccc([Se][Se]c2cccc(N(CC)CC)c2)c1.CCNc1cc2[se]c3cc(=[N+](CC)CC)ccc-3nc2c2ccccc12.CCNc1cccc2ccccc12.Cl.O=N[O-].OCC(F)(F)F.[Cl-].[Na+]. The van der Waals surface area contributed by atoms with E-state index in [9.17, 15) is 23.0 Å². The summed E-state index contributed by atoms with van der Waals surface area (Å²) in [6.07, 6.45) is -4.40. The van der Waals surface area contributed by atoms with E-state index in [0.717, 1.165) is 128 Å². The van der Waals surface area contributed by atoms with Crippen LogP contribution in [0, 0.1) is 23.5 Å². The summed E-state index contributed by atoms with van der Waals surface area (Å²) >= 11 is 3.75. The molecule has 3 N–H and O–H groups in total. The molecule has 616 valence electrons. The molecule has 0 fully saturated rings. The van der Waals surface area contributed by atoms with E-state index in [1.165, 1.54) is 76.5 Å². The number of aliphatic hydroxyl groups excluding tert-OH is 1. The Morgan fingerprint density at radius 1 is 0.478 bits per heavy atom. The van der Waals surface area contributed by atoms with Crippen LogP contribution < -0.4 is 105 Å². The standard InChI is InChI=1S/C22H23N3Se.C20H26N4O2Se2.C20H28N2Se2.C12H13N.C10H14IN.C2H3F3O.2ClH.HNO2.Na/c1-4-23-19-14-21-22(17-10-8-7-9-16(17)19)24-18-12-11-15(13-20(18)26-21)25(5-2)6-3;1-5-23(6-2)15-9-11-17(21-25)19(13-15)27-28-20-14-16(24(7-3)8-4)10-12-18(20)22-26;1-5-21(6-2)17-11-9-13-19(15-17)23-24-20-14-10-12-18(16-20)22(7-3)8-4;1-2-13-12-9-5-7-10-6-3-4-8-11(10)12;1-3-12(4-2)10-7-5-6-9(11)8-10;3-2(4,5)1-6;;;2-1-3;/h7-14H,4-6H2,1-3H3;9-14H,5-8H2,1-4H3;9-16H,5-8H2,1-4H3;3-9,13H,2H2,1H3;5-8H,3-4H2,1-2H3;6H,1H2;2*1H;(H,2,3);/q;;;;;;;;;+1/p-1. The van der Waals surface area contributed by atoms with Gasteiger partial charge in [-0.05, 0) is 73.0 Å². The van der Waals surface area contributed by atoms with Gasteiger partial charge in [-0.25, -0.2) is 0 Å². The first-order chi connectivity index (χ1) is 54.2. The second-order valence-electron chi connectivity index (χ2n) is 24.4. The summed E-state index contributed by atoms with van der Waals surface area (Å²) in [4.78, 5) is 47.3. The van der Waals surface area contributed by atoms with Crippen molar-refractivity contribution in [1.82, 2.24) is 9.56 Å². The molecule has 0 atom stereocenters. The fourth-order valence-corrected chi connectivity index (χ4v) is 27.6. The number of aromatic nitrogens is 1. The van der Waals surface area contributed by atoms with Gasteiger partial charge in [0, 0.05) is 40.0 Å². The minimum absolute atomic E-state index is 0. The molecule has 1 aliphatic carbocycles. The number of halogens is 6. The van der Waals surface area contributed by atoms with Crippen molar-refractivity contribution in [2.75, 3.05) is 133 Å². The number of benzene rings is 10. The maximum absolute atomic E-state index is 11.3. The maximum atomic E-state index is 11.3. The molecule has 11 rings (SSSR count). The monoisotopic (exact) mass is 2070 g/mol. The third kappa shape index (κ3) is 33.7. The molecule has 2 aliphatic rings. The number of nitrogens with zero attached hydrogens (tertiary/aromatic N) is 10. The predicted molar refractivity (Wildman–Crippen MR) is 496 cm³/mol. The molecule has 17 nitrogen and oxygen atoms in total. The van der Waals surface area contributed by atoms with Gasteiger partial charge in [0.15, 0.2) is 0 Å². The second-order valence-corrected chi connectivity index (χ2v) is 40.5. The largest absolute Gasteiger partial charge is 1.00 e. The normalized spacial score (nSPS) is 10.3. The molecule has 0 bridgehead atoms. The maximum Gasteiger partial charge on any atom is 1.00 e. The van der Waals surface area contributed by atoms with Gasteiger partial charge in [-0.1, -0.05) is 42.5 Å². The van der Waals surface area contributed by atoms with Crippen LogP contribution in [-0.4, -0.2) is 182 Å². The number of alkyl halides is 3. The van der Waals surface area contributed by atoms with Gasteiger partial charge >= 0.3 is 533 Å². The van der Waals surface area contributed by atoms with E-state index in [1.54, 1.807) is 12.1 Å². The van der Waals surface area contributed by atoms with Crippen molar-refractivity contribution >= 4 is 202 Å². The summed E-state index contributed by atoms with van der Waals surface area (Å²) in [5.74, 6) is 0. The quantitative estimate of drug-likeness (QED) is 0.00765. The van der Waals surface area contributed by atoms with Crippen LogP contribution in [0.4, 0.5) is 64.4 Å². The average molecular weight is 2060 g/mol. The predicted octanol–water partition coefficient (Wildman–Crippen LogP) is 11.5. The number of nitrogens with one attached hydrogen (secondary N) is 2. The van der Waals surface area contributed by atoms with Gasteiger partial charge in [-0.2, -0.15) is 13.2 Å². The van der Waals surface area contributed by atoms with Gasteiger partial charge in [-0.15, -0.1) is 17.7 Å². The molecule has 29 heteroatoms. The Hall–Kier alpha value is -5.82. The van der Waals surface area contributed by atoms with Crippen molar-refractivity contribution in [3.05, 3.63) is 229 Å². The van der Waals surface area contributed by atoms with Crippen molar-refractivity contribution < 1.29 is 60.2 Å². The zero-order chi connectivity index (χ0) is 82.0. The number of hydrogen-bond donors (Lipinski definition) is 3. The van der Waals surface area contributed by atoms with Crippen LogP contribution >= 0.6 is 35.0 Å². The first-order valence-corrected chi connectivity index (χ1v) is 52.9. The zero-order valence-electron chi connectivity index (χ0n) is 68.6. The third-order valence-electron chi connectivity index (χ3n) is 17.8. The fraction of sp³-hybridized carbons (Fsp3) is 0.349. The molecule has 0 unspecified atom stereocenters. The summed E-state index contributed by atoms with van der Waals surface area (Å²) < 4.78 is 43.1. The average Bonchev–Trinajstić information content (AvgIpc) is 0.755. The van der Waals surface area contributed by atoms with Gasteiger partial charge in [0.2, 0.25) is 0 Å². The first-order valence-electron chi connectivity index (χ1n) is 38.0. The third-order valence-corrected chi connectivity index (χ3v) is 35.0. The molecular formula is C86H109Cl2F3IN12NaO5Se5. The van der Waals surface area contributed by atoms with E-state index in [-0.39, 0.29) is 95.1 Å². The van der Waals surface area contributed by atoms with Crippen LogP contribution in [0.5, 0.6) is 0 Å². The van der Waals surface area contributed by atoms with Crippen LogP contribution in [0.15, 0.2) is 216 Å². The van der Waals surface area contributed by atoms with Gasteiger partial charge in [-0.3, -0.25) is 0 Å². The summed E-state index contributed by atoms with van der Waals surface area (Å²) in [7, 11) is 0. The van der Waals surface area contributed by atoms with Crippen molar-refractivity contribution in [3.63, 3.8) is 0 Å². The number of fused-ring (bicyclic) bond motifs is 5. The van der Waals surface area contributed by atoms with Crippen LogP contribution in [0.1, 0.15) is 96.9 Å². The molecule has 0 amide bonds. The van der Waals surface area contributed by atoms with Gasteiger partial charge in [0.05, 0.1) is 0 Å². The number of nitroso groups, excluding NO2 is 2. The van der Waals surface area contributed by atoms with Crippen LogP contribution in [0.3, 0.4) is 0 Å². The minimum atomic E-state index is -4.40. The Morgan fingerprint density at radius 3 is 1.29 bits per heavy atom. The molecule has 1 heterocycles. The Labute approximate surface area is 755 Å². The topological polar surface area (TPSA) is 188 Å². The van der Waals surface area contributed by atoms with E-state index in [4.69, 9.17) is 20.2 Å². The van der Waals surface area contributed by atoms with Gasteiger partial charge in [0.25, 0.3) is 0 Å². The van der Waals surface area contributed by atoms with E-state index in [0.29, 0.717) is 37.6 Å². The summed E-state index contributed by atoms with van der Waals surface area (Å²) in [5.41, 5.74) is 12.0. The van der Waals surface area contributed by atoms with Gasteiger partial charge < -0.3 is 37.8 Å². The number of anilines is 7. The Morgan fingerprint density at radius 2 is 0.870 bits per heavy atom. The zero-order valence-corrected chi connectivity index (χ0v) is 82.8. The van der Waals surface area contributed by atoms with Crippen LogP contribution in [0.25, 0.3) is 41.5 Å². The summed E-state index contributed by atoms with van der Waals surface area (Å²) in [6.45, 7) is 42.7. The number of hydrogen-bond acceptors (Lipinski definition) is 16. The molecule has 0 saturated heterocycles. The molecule has 0 aromatic heterocycles. The Balaban J connectivity index is 0.000000484. The molecule has 115 heavy (non-hydrogen) atoms. The van der Waals surface area contributed by atoms with Crippen molar-refractivity contribution in [1.29, 1.82) is 0 Å². The van der Waals surface area contributed by atoms with Crippen LogP contribution in [-0.2, 0) is 0 Å². The molecule has 1 aliphatic heterocycles. The van der Waals surface area contributed by atoms with Crippen molar-refractivity contribution in [2.24, 2.45) is 15.7 Å². The van der Waals surface area contributed by atoms with E-state index in [2.05, 4.69) is 346 Å². The van der Waals surface area contributed by atoms with Crippen molar-refractivity contribution in [2.45, 2.75) is 103 Å². The fourth-order valence-electron chi connectivity index (χ4n) is 12.1. The summed E-state index contributed by atoms with van der Waals surface area (Å²) in [5, 5.41) is 36.0. The first kappa shape index (κ1) is 105. The molecule has 0 saturated carbocycles. The molecule has 0 spiro atoms. The summed E-state index contributed by atoms with van der Waals surface area (Å²) in [6, 6.07) is 71.0. The van der Waals surface area contributed by atoms with E-state index < -0.39 is 12.8 Å². The Kier molecular flexibility index (Phi) is 53.2. The van der Waals surface area contributed by atoms with Crippen LogP contribution in [0.2, 0.25) is 0 Å². The second kappa shape index (κ2) is 58.2. The molecular weight excluding hydrogens is 1950 g/mol. The smallest absolute Gasteiger partial charge is 1.00 e. The molecule has 9 aromatic rings. The van der Waals surface area contributed by atoms with E-state index >= 15 is 0 Å².